The number of hydrogen-bond acceptors (Lipinski definition) is 3. The Morgan fingerprint density at radius 2 is 1.62 bits per heavy atom. The highest BCUT2D eigenvalue weighted by molar-refractivity contribution is 5.88. The molecule has 0 radical (unpaired) electrons. The molecule has 3 aromatic carbocycles. The van der Waals surface area contributed by atoms with E-state index < -0.39 is 12.1 Å². The number of aryl methyl sites for hydroxylation is 1. The second-order valence-corrected chi connectivity index (χ2v) is 6.98. The highest BCUT2D eigenvalue weighted by Crippen LogP contribution is 2.33. The van der Waals surface area contributed by atoms with Gasteiger partial charge < -0.3 is 14.0 Å². The van der Waals surface area contributed by atoms with Crippen LogP contribution < -0.4 is 4.74 Å². The number of methoxy groups -OCH3 is 1. The van der Waals surface area contributed by atoms with Gasteiger partial charge in [-0.2, -0.15) is 0 Å². The zero-order chi connectivity index (χ0) is 20.2. The standard InChI is InChI=1S/C25H23NO3/c1-18-16-21-22(26(18)17-19-10-5-3-6-11-19)14-9-15-23(21)29-24(25(27)28-2)20-12-7-4-8-13-20/h3-16,24H,17H2,1-2H3. The van der Waals surface area contributed by atoms with Gasteiger partial charge in [-0.05, 0) is 30.7 Å². The SMILES string of the molecule is COC(=O)C(Oc1cccc2c1cc(C)n2Cc1ccccc1)c1ccccc1. The largest absolute Gasteiger partial charge is 0.473 e. The first-order valence-corrected chi connectivity index (χ1v) is 9.59. The van der Waals surface area contributed by atoms with E-state index in [0.29, 0.717) is 5.75 Å². The highest BCUT2D eigenvalue weighted by atomic mass is 16.6. The van der Waals surface area contributed by atoms with Crippen LogP contribution >= 0.6 is 0 Å². The molecule has 4 rings (SSSR count). The number of hydrogen-bond donors (Lipinski definition) is 0. The van der Waals surface area contributed by atoms with Gasteiger partial charge in [-0.25, -0.2) is 4.79 Å². The van der Waals surface area contributed by atoms with Crippen molar-refractivity contribution in [1.29, 1.82) is 0 Å². The zero-order valence-electron chi connectivity index (χ0n) is 16.5. The molecule has 1 unspecified atom stereocenters. The fraction of sp³-hybridized carbons (Fsp3) is 0.160. The van der Waals surface area contributed by atoms with E-state index in [1.165, 1.54) is 12.7 Å². The molecule has 0 aliphatic rings. The van der Waals surface area contributed by atoms with Crippen LogP contribution in [0, 0.1) is 6.92 Å². The maximum atomic E-state index is 12.4. The van der Waals surface area contributed by atoms with Crippen molar-refractivity contribution in [1.82, 2.24) is 4.57 Å². The van der Waals surface area contributed by atoms with Crippen molar-refractivity contribution < 1.29 is 14.3 Å². The fourth-order valence-corrected chi connectivity index (χ4v) is 3.58. The molecule has 1 atom stereocenters. The molecule has 0 spiro atoms. The number of ether oxygens (including phenoxy) is 2. The topological polar surface area (TPSA) is 40.5 Å². The fourth-order valence-electron chi connectivity index (χ4n) is 3.58. The van der Waals surface area contributed by atoms with Crippen molar-refractivity contribution in [2.45, 2.75) is 19.6 Å². The summed E-state index contributed by atoms with van der Waals surface area (Å²) in [6, 6.07) is 27.8. The number of nitrogens with zero attached hydrogens (tertiary/aromatic N) is 1. The van der Waals surface area contributed by atoms with E-state index in [1.807, 2.05) is 60.7 Å². The van der Waals surface area contributed by atoms with E-state index in [4.69, 9.17) is 9.47 Å². The maximum Gasteiger partial charge on any atom is 0.351 e. The summed E-state index contributed by atoms with van der Waals surface area (Å²) < 4.78 is 13.4. The number of rotatable bonds is 6. The molecule has 1 aromatic heterocycles. The lowest BCUT2D eigenvalue weighted by atomic mass is 10.1. The average molecular weight is 385 g/mol. The number of benzene rings is 3. The lowest BCUT2D eigenvalue weighted by Gasteiger charge is -2.18. The first-order chi connectivity index (χ1) is 14.2. The first-order valence-electron chi connectivity index (χ1n) is 9.59. The predicted octanol–water partition coefficient (Wildman–Crippen LogP) is 5.29. The van der Waals surface area contributed by atoms with Crippen LogP contribution in [0.5, 0.6) is 5.75 Å². The van der Waals surface area contributed by atoms with Crippen LogP contribution in [0.3, 0.4) is 0 Å². The molecule has 0 aliphatic heterocycles. The van der Waals surface area contributed by atoms with Crippen LogP contribution in [-0.4, -0.2) is 17.6 Å². The van der Waals surface area contributed by atoms with Crippen molar-refractivity contribution in [2.75, 3.05) is 7.11 Å². The second-order valence-electron chi connectivity index (χ2n) is 6.98. The summed E-state index contributed by atoms with van der Waals surface area (Å²) in [5, 5.41) is 0.978. The van der Waals surface area contributed by atoms with Gasteiger partial charge in [0.1, 0.15) is 5.75 Å². The smallest absolute Gasteiger partial charge is 0.351 e. The molecule has 0 saturated carbocycles. The van der Waals surface area contributed by atoms with Gasteiger partial charge >= 0.3 is 5.97 Å². The highest BCUT2D eigenvalue weighted by Gasteiger charge is 2.24. The molecular formula is C25H23NO3. The van der Waals surface area contributed by atoms with Crippen molar-refractivity contribution in [3.05, 3.63) is 102 Å². The summed E-state index contributed by atoms with van der Waals surface area (Å²) in [7, 11) is 1.38. The Labute approximate surface area is 170 Å². The van der Waals surface area contributed by atoms with Gasteiger partial charge in [-0.1, -0.05) is 66.7 Å². The summed E-state index contributed by atoms with van der Waals surface area (Å²) in [5.74, 6) is 0.241. The minimum Gasteiger partial charge on any atom is -0.473 e. The van der Waals surface area contributed by atoms with E-state index in [-0.39, 0.29) is 0 Å². The van der Waals surface area contributed by atoms with Gasteiger partial charge in [-0.3, -0.25) is 0 Å². The normalized spacial score (nSPS) is 11.9. The van der Waals surface area contributed by atoms with Gasteiger partial charge in [-0.15, -0.1) is 0 Å². The number of esters is 1. The van der Waals surface area contributed by atoms with E-state index in [1.54, 1.807) is 0 Å². The van der Waals surface area contributed by atoms with Crippen molar-refractivity contribution in [3.63, 3.8) is 0 Å². The van der Waals surface area contributed by atoms with Crippen LogP contribution in [0.25, 0.3) is 10.9 Å². The quantitative estimate of drug-likeness (QED) is 0.423. The van der Waals surface area contributed by atoms with Gasteiger partial charge in [0.25, 0.3) is 0 Å². The van der Waals surface area contributed by atoms with Crippen LogP contribution in [0.15, 0.2) is 84.9 Å². The Balaban J connectivity index is 1.73. The van der Waals surface area contributed by atoms with Gasteiger partial charge in [0.05, 0.1) is 12.6 Å². The van der Waals surface area contributed by atoms with Crippen LogP contribution in [0.1, 0.15) is 22.9 Å². The molecule has 0 fully saturated rings. The molecule has 4 nitrogen and oxygen atoms in total. The van der Waals surface area contributed by atoms with Gasteiger partial charge in [0.2, 0.25) is 6.10 Å². The Hall–Kier alpha value is -3.53. The summed E-state index contributed by atoms with van der Waals surface area (Å²) in [6.45, 7) is 2.86. The minimum absolute atomic E-state index is 0.423. The Morgan fingerprint density at radius 1 is 0.931 bits per heavy atom. The molecule has 0 N–H and O–H groups in total. The predicted molar refractivity (Wildman–Crippen MR) is 114 cm³/mol. The number of aromatic nitrogens is 1. The number of carbonyl (C=O) groups excluding carboxylic acids is 1. The number of carbonyl (C=O) groups is 1. The van der Waals surface area contributed by atoms with Crippen LogP contribution in [-0.2, 0) is 16.1 Å². The molecule has 4 heteroatoms. The monoisotopic (exact) mass is 385 g/mol. The molecule has 1 heterocycles. The third kappa shape index (κ3) is 3.87. The zero-order valence-corrected chi connectivity index (χ0v) is 16.5. The van der Waals surface area contributed by atoms with Gasteiger partial charge in [0, 0.05) is 23.2 Å². The lowest BCUT2D eigenvalue weighted by Crippen LogP contribution is -2.20. The Morgan fingerprint density at radius 3 is 2.31 bits per heavy atom. The molecule has 0 aliphatic carbocycles. The average Bonchev–Trinajstić information content (AvgIpc) is 3.09. The summed E-state index contributed by atoms with van der Waals surface area (Å²) >= 11 is 0. The summed E-state index contributed by atoms with van der Waals surface area (Å²) in [4.78, 5) is 12.4. The van der Waals surface area contributed by atoms with E-state index in [0.717, 1.165) is 28.7 Å². The maximum absolute atomic E-state index is 12.4. The van der Waals surface area contributed by atoms with E-state index >= 15 is 0 Å². The molecule has 0 amide bonds. The summed E-state index contributed by atoms with van der Waals surface area (Å²) in [6.07, 6.45) is -0.815. The van der Waals surface area contributed by atoms with Crippen LogP contribution in [0.2, 0.25) is 0 Å². The van der Waals surface area contributed by atoms with Crippen molar-refractivity contribution >= 4 is 16.9 Å². The molecule has 146 valence electrons. The molecular weight excluding hydrogens is 362 g/mol. The van der Waals surface area contributed by atoms with E-state index in [9.17, 15) is 4.79 Å². The Kier molecular flexibility index (Phi) is 5.34. The third-order valence-electron chi connectivity index (χ3n) is 5.06. The number of fused-ring (bicyclic) bond motifs is 1. The summed E-state index contributed by atoms with van der Waals surface area (Å²) in [5.41, 5.74) is 4.20. The molecule has 4 aromatic rings. The second kappa shape index (κ2) is 8.23. The Bertz CT molecular complexity index is 1120. The van der Waals surface area contributed by atoms with Crippen LogP contribution in [0.4, 0.5) is 0 Å². The minimum atomic E-state index is -0.815. The first kappa shape index (κ1) is 18.8. The molecule has 0 saturated heterocycles. The van der Waals surface area contributed by atoms with Gasteiger partial charge in [0.15, 0.2) is 0 Å². The van der Waals surface area contributed by atoms with E-state index in [2.05, 4.69) is 35.8 Å². The molecule has 0 bridgehead atoms. The van der Waals surface area contributed by atoms with Crippen molar-refractivity contribution in [3.8, 4) is 5.75 Å². The third-order valence-corrected chi connectivity index (χ3v) is 5.06. The lowest BCUT2D eigenvalue weighted by molar-refractivity contribution is -0.149. The molecule has 29 heavy (non-hydrogen) atoms. The van der Waals surface area contributed by atoms with Crippen molar-refractivity contribution in [2.24, 2.45) is 0 Å².